The Morgan fingerprint density at radius 3 is 2.71 bits per heavy atom. The quantitative estimate of drug-likeness (QED) is 0.534. The average molecular weight is 323 g/mol. The highest BCUT2D eigenvalue weighted by Gasteiger charge is 2.13. The number of nitro groups is 1. The summed E-state index contributed by atoms with van der Waals surface area (Å²) in [5.41, 5.74) is 2.09. The van der Waals surface area contributed by atoms with E-state index in [0.717, 1.165) is 11.1 Å². The van der Waals surface area contributed by atoms with Gasteiger partial charge in [0, 0.05) is 18.7 Å². The van der Waals surface area contributed by atoms with Crippen LogP contribution in [0.25, 0.3) is 0 Å². The van der Waals surface area contributed by atoms with E-state index in [4.69, 9.17) is 0 Å². The molecule has 0 radical (unpaired) electrons. The first-order chi connectivity index (χ1) is 11.7. The van der Waals surface area contributed by atoms with Crippen molar-refractivity contribution in [3.63, 3.8) is 0 Å². The maximum atomic E-state index is 10.9. The molecule has 3 aromatic rings. The fraction of sp³-hybridized carbons (Fsp3) is 0.176. The third kappa shape index (κ3) is 4.02. The van der Waals surface area contributed by atoms with Crippen LogP contribution in [0.2, 0.25) is 0 Å². The predicted molar refractivity (Wildman–Crippen MR) is 89.1 cm³/mol. The van der Waals surface area contributed by atoms with Crippen LogP contribution in [-0.2, 0) is 13.1 Å². The number of nitro benzene ring substituents is 1. The van der Waals surface area contributed by atoms with E-state index in [0.29, 0.717) is 13.1 Å². The molecule has 0 saturated carbocycles. The van der Waals surface area contributed by atoms with Crippen LogP contribution in [0.1, 0.15) is 17.2 Å². The van der Waals surface area contributed by atoms with Gasteiger partial charge in [0.05, 0.1) is 17.5 Å². The Hall–Kier alpha value is -3.06. The fourth-order valence-electron chi connectivity index (χ4n) is 2.51. The fourth-order valence-corrected chi connectivity index (χ4v) is 2.51. The number of nitrogens with zero attached hydrogens (tertiary/aromatic N) is 4. The van der Waals surface area contributed by atoms with Crippen molar-refractivity contribution >= 4 is 5.69 Å². The molecule has 0 fully saturated rings. The van der Waals surface area contributed by atoms with Gasteiger partial charge in [0.1, 0.15) is 12.7 Å². The van der Waals surface area contributed by atoms with Crippen molar-refractivity contribution in [3.8, 4) is 0 Å². The molecule has 0 unspecified atom stereocenters. The third-order valence-corrected chi connectivity index (χ3v) is 3.71. The molecule has 1 atom stereocenters. The molecule has 0 saturated heterocycles. The maximum absolute atomic E-state index is 10.9. The van der Waals surface area contributed by atoms with Crippen molar-refractivity contribution in [3.05, 3.63) is 88.5 Å². The summed E-state index contributed by atoms with van der Waals surface area (Å²) in [5.74, 6) is 0. The zero-order valence-electron chi connectivity index (χ0n) is 12.9. The molecule has 24 heavy (non-hydrogen) atoms. The SMILES string of the molecule is O=[N+]([O-])c1cccc(CN[C@H](Cn2cncn2)c2ccccc2)c1. The Balaban J connectivity index is 1.74. The standard InChI is InChI=1S/C17H17N5O2/c23-22(24)16-8-4-5-14(9-16)10-19-17(11-21-13-18-12-20-21)15-6-2-1-3-7-15/h1-9,12-13,17,19H,10-11H2/t17-/m1/s1. The molecule has 7 nitrogen and oxygen atoms in total. The number of hydrogen-bond acceptors (Lipinski definition) is 5. The summed E-state index contributed by atoms with van der Waals surface area (Å²) in [4.78, 5) is 14.5. The Bertz CT molecular complexity index is 790. The number of rotatable bonds is 7. The van der Waals surface area contributed by atoms with Gasteiger partial charge in [-0.1, -0.05) is 42.5 Å². The topological polar surface area (TPSA) is 85.9 Å². The summed E-state index contributed by atoms with van der Waals surface area (Å²) in [6, 6.07) is 16.7. The van der Waals surface area contributed by atoms with Gasteiger partial charge in [-0.15, -0.1) is 0 Å². The zero-order chi connectivity index (χ0) is 16.8. The van der Waals surface area contributed by atoms with Gasteiger partial charge < -0.3 is 5.32 Å². The smallest absolute Gasteiger partial charge is 0.269 e. The Morgan fingerprint density at radius 2 is 2.00 bits per heavy atom. The van der Waals surface area contributed by atoms with Crippen molar-refractivity contribution in [1.29, 1.82) is 0 Å². The van der Waals surface area contributed by atoms with Crippen LogP contribution in [0, 0.1) is 10.1 Å². The largest absolute Gasteiger partial charge is 0.304 e. The van der Waals surface area contributed by atoms with Crippen molar-refractivity contribution in [2.24, 2.45) is 0 Å². The van der Waals surface area contributed by atoms with Gasteiger partial charge in [-0.25, -0.2) is 4.98 Å². The lowest BCUT2D eigenvalue weighted by atomic mass is 10.1. The molecule has 1 heterocycles. The first-order valence-electron chi connectivity index (χ1n) is 7.56. The van der Waals surface area contributed by atoms with Crippen LogP contribution in [0.15, 0.2) is 67.3 Å². The Labute approximate surface area is 139 Å². The second-order valence-corrected chi connectivity index (χ2v) is 5.39. The van der Waals surface area contributed by atoms with Crippen LogP contribution in [0.3, 0.4) is 0 Å². The molecule has 0 amide bonds. The lowest BCUT2D eigenvalue weighted by molar-refractivity contribution is -0.384. The second kappa shape index (κ2) is 7.47. The molecule has 1 aromatic heterocycles. The minimum Gasteiger partial charge on any atom is -0.304 e. The van der Waals surface area contributed by atoms with E-state index in [1.807, 2.05) is 36.4 Å². The summed E-state index contributed by atoms with van der Waals surface area (Å²) in [7, 11) is 0. The number of non-ortho nitro benzene ring substituents is 1. The Morgan fingerprint density at radius 1 is 1.17 bits per heavy atom. The van der Waals surface area contributed by atoms with Crippen LogP contribution >= 0.6 is 0 Å². The normalized spacial score (nSPS) is 12.0. The van der Waals surface area contributed by atoms with E-state index in [-0.39, 0.29) is 16.7 Å². The maximum Gasteiger partial charge on any atom is 0.269 e. The molecular weight excluding hydrogens is 306 g/mol. The van der Waals surface area contributed by atoms with Gasteiger partial charge in [0.15, 0.2) is 0 Å². The average Bonchev–Trinajstić information content (AvgIpc) is 3.12. The van der Waals surface area contributed by atoms with Crippen LogP contribution in [-0.4, -0.2) is 19.7 Å². The van der Waals surface area contributed by atoms with Crippen molar-refractivity contribution in [2.75, 3.05) is 0 Å². The van der Waals surface area contributed by atoms with Crippen molar-refractivity contribution < 1.29 is 4.92 Å². The summed E-state index contributed by atoms with van der Waals surface area (Å²) >= 11 is 0. The van der Waals surface area contributed by atoms with Crippen molar-refractivity contribution in [2.45, 2.75) is 19.1 Å². The molecule has 122 valence electrons. The van der Waals surface area contributed by atoms with E-state index in [1.54, 1.807) is 23.1 Å². The predicted octanol–water partition coefficient (Wildman–Crippen LogP) is 2.72. The lowest BCUT2D eigenvalue weighted by Crippen LogP contribution is -2.25. The Kier molecular flexibility index (Phi) is 4.93. The van der Waals surface area contributed by atoms with Crippen LogP contribution < -0.4 is 5.32 Å². The summed E-state index contributed by atoms with van der Waals surface area (Å²) in [6.45, 7) is 1.15. The highest BCUT2D eigenvalue weighted by atomic mass is 16.6. The molecule has 7 heteroatoms. The molecule has 2 aromatic carbocycles. The summed E-state index contributed by atoms with van der Waals surface area (Å²) < 4.78 is 1.76. The molecular formula is C17H17N5O2. The van der Waals surface area contributed by atoms with E-state index >= 15 is 0 Å². The minimum absolute atomic E-state index is 0.0205. The van der Waals surface area contributed by atoms with Gasteiger partial charge in [0.2, 0.25) is 0 Å². The molecule has 0 bridgehead atoms. The number of aromatic nitrogens is 3. The molecule has 3 rings (SSSR count). The number of hydrogen-bond donors (Lipinski definition) is 1. The van der Waals surface area contributed by atoms with E-state index in [1.165, 1.54) is 12.4 Å². The first-order valence-corrected chi connectivity index (χ1v) is 7.56. The third-order valence-electron chi connectivity index (χ3n) is 3.71. The summed E-state index contributed by atoms with van der Waals surface area (Å²) in [6.07, 6.45) is 3.17. The highest BCUT2D eigenvalue weighted by molar-refractivity contribution is 5.34. The van der Waals surface area contributed by atoms with Gasteiger partial charge in [0.25, 0.3) is 5.69 Å². The minimum atomic E-state index is -0.381. The number of nitrogens with one attached hydrogen (secondary N) is 1. The van der Waals surface area contributed by atoms with Gasteiger partial charge >= 0.3 is 0 Å². The second-order valence-electron chi connectivity index (χ2n) is 5.39. The monoisotopic (exact) mass is 323 g/mol. The lowest BCUT2D eigenvalue weighted by Gasteiger charge is -2.19. The van der Waals surface area contributed by atoms with Gasteiger partial charge in [-0.05, 0) is 11.1 Å². The molecule has 0 aliphatic rings. The van der Waals surface area contributed by atoms with Crippen molar-refractivity contribution in [1.82, 2.24) is 20.1 Å². The summed E-state index contributed by atoms with van der Waals surface area (Å²) in [5, 5.41) is 18.5. The molecule has 1 N–H and O–H groups in total. The zero-order valence-corrected chi connectivity index (χ0v) is 12.9. The molecule has 0 aliphatic heterocycles. The molecule has 0 aliphatic carbocycles. The van der Waals surface area contributed by atoms with Gasteiger partial charge in [-0.3, -0.25) is 14.8 Å². The first kappa shape index (κ1) is 15.8. The van der Waals surface area contributed by atoms with E-state index in [2.05, 4.69) is 15.4 Å². The van der Waals surface area contributed by atoms with E-state index in [9.17, 15) is 10.1 Å². The number of benzene rings is 2. The van der Waals surface area contributed by atoms with Gasteiger partial charge in [-0.2, -0.15) is 5.10 Å². The highest BCUT2D eigenvalue weighted by Crippen LogP contribution is 2.17. The van der Waals surface area contributed by atoms with E-state index < -0.39 is 0 Å². The molecule has 0 spiro atoms. The van der Waals surface area contributed by atoms with Crippen LogP contribution in [0.4, 0.5) is 5.69 Å². The van der Waals surface area contributed by atoms with Crippen LogP contribution in [0.5, 0.6) is 0 Å².